The summed E-state index contributed by atoms with van der Waals surface area (Å²) in [4.78, 5) is 53.6. The van der Waals surface area contributed by atoms with E-state index in [1.807, 2.05) is 0 Å². The summed E-state index contributed by atoms with van der Waals surface area (Å²) in [5.74, 6) is -8.41. The van der Waals surface area contributed by atoms with Crippen molar-refractivity contribution in [2.45, 2.75) is 44.1 Å². The van der Waals surface area contributed by atoms with Gasteiger partial charge < -0.3 is 52.0 Å². The lowest BCUT2D eigenvalue weighted by molar-refractivity contribution is -0.392. The van der Waals surface area contributed by atoms with Crippen molar-refractivity contribution < 1.29 is 55.4 Å². The van der Waals surface area contributed by atoms with Crippen LogP contribution in [0.25, 0.3) is 5.76 Å². The quantitative estimate of drug-likeness (QED) is 0.116. The largest absolute Gasteiger partial charge is 0.508 e. The van der Waals surface area contributed by atoms with Crippen LogP contribution in [0.1, 0.15) is 29.8 Å². The zero-order valence-corrected chi connectivity index (χ0v) is 25.9. The fourth-order valence-corrected chi connectivity index (χ4v) is 6.55. The smallest absolute Gasteiger partial charge is 0.342 e. The van der Waals surface area contributed by atoms with Crippen LogP contribution in [0.15, 0.2) is 41.3 Å². The van der Waals surface area contributed by atoms with Crippen LogP contribution in [-0.2, 0) is 20.9 Å². The summed E-state index contributed by atoms with van der Waals surface area (Å²) in [7, 11) is 2.92. The summed E-state index contributed by atoms with van der Waals surface area (Å²) in [6.07, 6.45) is -0.404. The molecule has 1 saturated carbocycles. The van der Waals surface area contributed by atoms with Gasteiger partial charge >= 0.3 is 5.82 Å². The first-order valence-electron chi connectivity index (χ1n) is 13.5. The summed E-state index contributed by atoms with van der Waals surface area (Å²) < 4.78 is 1.36. The van der Waals surface area contributed by atoms with Crippen molar-refractivity contribution in [3.63, 3.8) is 0 Å². The number of aliphatic hydroxyl groups is 5. The molecule has 18 heteroatoms. The van der Waals surface area contributed by atoms with Crippen molar-refractivity contribution >= 4 is 41.5 Å². The van der Waals surface area contributed by atoms with Gasteiger partial charge in [0.15, 0.2) is 17.2 Å². The molecule has 0 bridgehead atoms. The number of rotatable bonds is 5. The van der Waals surface area contributed by atoms with E-state index in [1.165, 1.54) is 35.8 Å². The van der Waals surface area contributed by atoms with Gasteiger partial charge in [-0.05, 0) is 36.6 Å². The van der Waals surface area contributed by atoms with Crippen molar-refractivity contribution in [1.82, 2.24) is 14.5 Å². The monoisotopic (exact) mass is 669 g/mol. The van der Waals surface area contributed by atoms with Gasteiger partial charge in [-0.15, -0.1) is 12.4 Å². The van der Waals surface area contributed by atoms with E-state index in [0.29, 0.717) is 11.4 Å². The maximum Gasteiger partial charge on any atom is 0.342 e. The van der Waals surface area contributed by atoms with E-state index in [9.17, 15) is 50.0 Å². The average Bonchev–Trinajstić information content (AvgIpc) is 3.31. The maximum absolute atomic E-state index is 13.7. The molecule has 3 aliphatic rings. The molecule has 252 valence electrons. The summed E-state index contributed by atoms with van der Waals surface area (Å²) in [6, 6.07) is 3.13. The number of primary amides is 1. The highest BCUT2D eigenvalue weighted by Gasteiger charge is 2.68. The molecule has 1 aromatic heterocycles. The minimum absolute atomic E-state index is 0. The molecule has 1 fully saturated rings. The van der Waals surface area contributed by atoms with E-state index in [1.54, 1.807) is 26.0 Å². The molecule has 2 aromatic rings. The third-order valence-corrected chi connectivity index (χ3v) is 8.54. The zero-order chi connectivity index (χ0) is 33.0. The van der Waals surface area contributed by atoms with Crippen LogP contribution in [-0.4, -0.2) is 111 Å². The number of carbonyl (C=O) groups excluding carboxylic acids is 3. The Morgan fingerprint density at radius 3 is 2.35 bits per heavy atom. The Labute approximate surface area is 267 Å². The van der Waals surface area contributed by atoms with Gasteiger partial charge in [-0.1, -0.05) is 19.1 Å². The number of benzene rings is 1. The van der Waals surface area contributed by atoms with Crippen molar-refractivity contribution in [3.05, 3.63) is 68.4 Å². The highest BCUT2D eigenvalue weighted by atomic mass is 35.5. The topological polar surface area (TPSA) is 294 Å². The Balaban J connectivity index is 0.000000447. The van der Waals surface area contributed by atoms with E-state index in [-0.39, 0.29) is 48.2 Å². The first-order valence-corrected chi connectivity index (χ1v) is 13.5. The molecule has 0 unspecified atom stereocenters. The maximum atomic E-state index is 13.7. The van der Waals surface area contributed by atoms with Crippen molar-refractivity contribution in [2.24, 2.45) is 17.6 Å². The van der Waals surface area contributed by atoms with Crippen molar-refractivity contribution in [2.75, 3.05) is 20.7 Å². The average molecular weight is 670 g/mol. The van der Waals surface area contributed by atoms with E-state index in [4.69, 9.17) is 10.8 Å². The second-order valence-electron chi connectivity index (χ2n) is 11.1. The molecule has 0 saturated heterocycles. The number of phenols is 1. The van der Waals surface area contributed by atoms with Crippen molar-refractivity contribution in [1.29, 1.82) is 0 Å². The third-order valence-electron chi connectivity index (χ3n) is 8.54. The summed E-state index contributed by atoms with van der Waals surface area (Å²) in [5.41, 5.74) is 1.47. The molecule has 0 spiro atoms. The Morgan fingerprint density at radius 2 is 1.83 bits per heavy atom. The standard InChI is InChI=1S/C22H24N2O8.C6H9N3O3.ClH.H2O/c1-7-8-5-4-6-9(25)11(8)16(26)12-10(7)17(27)14-15(24(2)3)18(28)13(21(23)31)20(30)22(14,32)19(12)29;1-5-7-4-6(9(11)12)8(5)2-3-10;;/h4-7,10,14-15,17,25-27,30,32H,1-3H3,(H2,23,31);4,10H,2-3H2,1H3;1H;1H2/t7-,10+,14+,15-,17-,22-;;;/m0.../s1. The Hall–Kier alpha value is -4.39. The molecule has 10 N–H and O–H groups in total. The molecule has 0 aliphatic heterocycles. The molecular formula is C28H36ClN5O12. The number of likely N-dealkylation sites (N-methyl/N-ethyl adjacent to an activating group) is 1. The Morgan fingerprint density at radius 1 is 1.22 bits per heavy atom. The molecule has 1 aromatic carbocycles. The second kappa shape index (κ2) is 13.5. The fraction of sp³-hybridized carbons (Fsp3) is 0.429. The number of carbonyl (C=O) groups is 3. The number of hydrogen-bond acceptors (Lipinski definition) is 13. The minimum Gasteiger partial charge on any atom is -0.508 e. The number of hydrogen-bond donors (Lipinski definition) is 7. The third kappa shape index (κ3) is 5.50. The van der Waals surface area contributed by atoms with Gasteiger partial charge in [0, 0.05) is 18.4 Å². The van der Waals surface area contributed by atoms with Gasteiger partial charge in [-0.3, -0.25) is 19.3 Å². The Kier molecular flexibility index (Phi) is 11.1. The van der Waals surface area contributed by atoms with Gasteiger partial charge in [-0.2, -0.15) is 0 Å². The number of aromatic hydroxyl groups is 1. The normalized spacial score (nSPS) is 26.6. The first-order chi connectivity index (χ1) is 20.5. The number of nitro groups is 1. The summed E-state index contributed by atoms with van der Waals surface area (Å²) in [6.45, 7) is 3.42. The van der Waals surface area contributed by atoms with Gasteiger partial charge in [0.2, 0.25) is 5.78 Å². The molecule has 3 aliphatic carbocycles. The van der Waals surface area contributed by atoms with Gasteiger partial charge in [0.1, 0.15) is 35.6 Å². The molecule has 6 atom stereocenters. The highest BCUT2D eigenvalue weighted by Crippen LogP contribution is 2.55. The number of imidazole rings is 1. The van der Waals surface area contributed by atoms with Crippen LogP contribution in [0.2, 0.25) is 0 Å². The Bertz CT molecular complexity index is 1640. The first kappa shape index (κ1) is 37.8. The van der Waals surface area contributed by atoms with E-state index in [2.05, 4.69) is 4.98 Å². The van der Waals surface area contributed by atoms with Gasteiger partial charge in [-0.25, -0.2) is 9.55 Å². The van der Waals surface area contributed by atoms with Crippen LogP contribution in [0.3, 0.4) is 0 Å². The number of amides is 1. The number of Topliss-reactive ketones (excluding diaryl/α,β-unsaturated/α-hetero) is 2. The second-order valence-corrected chi connectivity index (χ2v) is 11.1. The zero-order valence-electron chi connectivity index (χ0n) is 25.1. The lowest BCUT2D eigenvalue weighted by atomic mass is 9.54. The highest BCUT2D eigenvalue weighted by molar-refractivity contribution is 6.24. The molecular weight excluding hydrogens is 634 g/mol. The fourth-order valence-electron chi connectivity index (χ4n) is 6.55. The number of aryl methyl sites for hydroxylation is 1. The predicted molar refractivity (Wildman–Crippen MR) is 162 cm³/mol. The van der Waals surface area contributed by atoms with Gasteiger partial charge in [0.05, 0.1) is 30.2 Å². The number of aliphatic hydroxyl groups excluding tert-OH is 4. The van der Waals surface area contributed by atoms with Crippen LogP contribution in [0.5, 0.6) is 5.75 Å². The molecule has 46 heavy (non-hydrogen) atoms. The van der Waals surface area contributed by atoms with E-state index in [0.717, 1.165) is 0 Å². The SMILES string of the molecule is C[C@H]1c2cccc(O)c2C(O)=C2C(=O)[C@]3(O)C(O)=C(C(N)=O)C(=O)[C@@H](N(C)C)[C@@H]3[C@@H](O)[C@@H]21.Cc1ncc([N+](=O)[O-])n1CCO.Cl.O. The van der Waals surface area contributed by atoms with E-state index >= 15 is 0 Å². The lowest BCUT2D eigenvalue weighted by Crippen LogP contribution is -2.70. The number of halogens is 1. The van der Waals surface area contributed by atoms with Crippen molar-refractivity contribution in [3.8, 4) is 5.75 Å². The molecule has 1 amide bonds. The predicted octanol–water partition coefficient (Wildman–Crippen LogP) is -0.815. The van der Waals surface area contributed by atoms with Crippen LogP contribution in [0, 0.1) is 28.9 Å². The number of ketones is 2. The molecule has 17 nitrogen and oxygen atoms in total. The van der Waals surface area contributed by atoms with Gasteiger partial charge in [0.25, 0.3) is 5.91 Å². The lowest BCUT2D eigenvalue weighted by Gasteiger charge is -2.53. The summed E-state index contributed by atoms with van der Waals surface area (Å²) in [5, 5.41) is 73.9. The molecule has 5 rings (SSSR count). The summed E-state index contributed by atoms with van der Waals surface area (Å²) >= 11 is 0. The number of phenolic OH excluding ortho intramolecular Hbond substituents is 1. The van der Waals surface area contributed by atoms with Crippen LogP contribution < -0.4 is 5.73 Å². The van der Waals surface area contributed by atoms with Crippen LogP contribution >= 0.6 is 12.4 Å². The van der Waals surface area contributed by atoms with Crippen LogP contribution in [0.4, 0.5) is 5.82 Å². The number of fused-ring (bicyclic) bond motifs is 3. The van der Waals surface area contributed by atoms with E-state index < -0.39 is 80.6 Å². The number of nitrogens with zero attached hydrogens (tertiary/aromatic N) is 4. The molecule has 1 heterocycles. The minimum atomic E-state index is -2.89. The number of nitrogens with two attached hydrogens (primary N) is 1. The molecule has 0 radical (unpaired) electrons. The number of aromatic nitrogens is 2.